The van der Waals surface area contributed by atoms with Gasteiger partial charge in [-0.1, -0.05) is 0 Å². The summed E-state index contributed by atoms with van der Waals surface area (Å²) in [5.41, 5.74) is 2.38. The Balaban J connectivity index is 1.76. The van der Waals surface area contributed by atoms with Crippen molar-refractivity contribution >= 4 is 34.3 Å². The first-order chi connectivity index (χ1) is 13.5. The Morgan fingerprint density at radius 1 is 1.00 bits per heavy atom. The second-order valence-electron chi connectivity index (χ2n) is 6.05. The molecule has 28 heavy (non-hydrogen) atoms. The highest BCUT2D eigenvalue weighted by Gasteiger charge is 2.12. The molecule has 1 heterocycles. The zero-order chi connectivity index (χ0) is 20.1. The third kappa shape index (κ3) is 4.48. The van der Waals surface area contributed by atoms with Crippen molar-refractivity contribution in [2.24, 2.45) is 0 Å². The van der Waals surface area contributed by atoms with Gasteiger partial charge in [-0.25, -0.2) is 0 Å². The molecule has 1 aromatic heterocycles. The molecule has 2 aromatic carbocycles. The standard InChI is InChI=1S/C21H22N2O4S/c1-13-9-20(16-10-14(25-2)5-7-17(16)22-13)28-12-21(24)23-18-8-6-15(26-3)11-19(18)27-4/h5-11H,12H2,1-4H3,(H,23,24). The fourth-order valence-electron chi connectivity index (χ4n) is 2.78. The number of pyridine rings is 1. The lowest BCUT2D eigenvalue weighted by molar-refractivity contribution is -0.113. The number of nitrogens with zero attached hydrogens (tertiary/aromatic N) is 1. The van der Waals surface area contributed by atoms with E-state index in [4.69, 9.17) is 14.2 Å². The minimum Gasteiger partial charge on any atom is -0.497 e. The molecule has 0 atom stereocenters. The van der Waals surface area contributed by atoms with Crippen LogP contribution >= 0.6 is 11.8 Å². The number of fused-ring (bicyclic) bond motifs is 1. The van der Waals surface area contributed by atoms with Gasteiger partial charge in [-0.05, 0) is 43.3 Å². The van der Waals surface area contributed by atoms with Crippen molar-refractivity contribution in [2.45, 2.75) is 11.8 Å². The molecule has 0 radical (unpaired) electrons. The van der Waals surface area contributed by atoms with Crippen molar-refractivity contribution < 1.29 is 19.0 Å². The van der Waals surface area contributed by atoms with Crippen molar-refractivity contribution in [1.82, 2.24) is 4.98 Å². The van der Waals surface area contributed by atoms with E-state index in [-0.39, 0.29) is 11.7 Å². The second kappa shape index (κ2) is 8.84. The number of aromatic nitrogens is 1. The van der Waals surface area contributed by atoms with E-state index in [9.17, 15) is 4.79 Å². The fraction of sp³-hybridized carbons (Fsp3) is 0.238. The highest BCUT2D eigenvalue weighted by atomic mass is 32.2. The summed E-state index contributed by atoms with van der Waals surface area (Å²) in [6.45, 7) is 1.94. The van der Waals surface area contributed by atoms with E-state index in [2.05, 4.69) is 10.3 Å². The first kappa shape index (κ1) is 19.8. The third-order valence-electron chi connectivity index (χ3n) is 4.15. The summed E-state index contributed by atoms with van der Waals surface area (Å²) in [5, 5.41) is 3.85. The quantitative estimate of drug-likeness (QED) is 0.599. The lowest BCUT2D eigenvalue weighted by Gasteiger charge is -2.12. The Kier molecular flexibility index (Phi) is 6.26. The van der Waals surface area contributed by atoms with Crippen LogP contribution in [-0.4, -0.2) is 38.0 Å². The van der Waals surface area contributed by atoms with Crippen LogP contribution in [0.4, 0.5) is 5.69 Å². The molecule has 3 aromatic rings. The number of benzene rings is 2. The number of carbonyl (C=O) groups is 1. The molecule has 7 heteroatoms. The van der Waals surface area contributed by atoms with E-state index in [0.29, 0.717) is 17.2 Å². The average molecular weight is 398 g/mol. The lowest BCUT2D eigenvalue weighted by atomic mass is 10.2. The van der Waals surface area contributed by atoms with Gasteiger partial charge in [-0.3, -0.25) is 9.78 Å². The summed E-state index contributed by atoms with van der Waals surface area (Å²) in [4.78, 5) is 18.0. The predicted octanol–water partition coefficient (Wildman–Crippen LogP) is 4.30. The van der Waals surface area contributed by atoms with E-state index in [1.54, 1.807) is 39.5 Å². The maximum Gasteiger partial charge on any atom is 0.234 e. The number of rotatable bonds is 7. The van der Waals surface area contributed by atoms with Crippen LogP contribution in [0.3, 0.4) is 0 Å². The number of thioether (sulfide) groups is 1. The van der Waals surface area contributed by atoms with Crippen molar-refractivity contribution in [2.75, 3.05) is 32.4 Å². The van der Waals surface area contributed by atoms with E-state index in [1.165, 1.54) is 11.8 Å². The molecular weight excluding hydrogens is 376 g/mol. The SMILES string of the molecule is COc1ccc(NC(=O)CSc2cc(C)nc3ccc(OC)cc23)c(OC)c1. The minimum absolute atomic E-state index is 0.126. The Morgan fingerprint density at radius 3 is 2.43 bits per heavy atom. The molecule has 0 unspecified atom stereocenters. The van der Waals surface area contributed by atoms with Crippen LogP contribution in [0.15, 0.2) is 47.4 Å². The van der Waals surface area contributed by atoms with Gasteiger partial charge in [0.1, 0.15) is 17.2 Å². The van der Waals surface area contributed by atoms with Crippen LogP contribution < -0.4 is 19.5 Å². The number of aryl methyl sites for hydroxylation is 1. The lowest BCUT2D eigenvalue weighted by Crippen LogP contribution is -2.14. The monoisotopic (exact) mass is 398 g/mol. The predicted molar refractivity (Wildman–Crippen MR) is 112 cm³/mol. The first-order valence-electron chi connectivity index (χ1n) is 8.64. The highest BCUT2D eigenvalue weighted by Crippen LogP contribution is 2.32. The van der Waals surface area contributed by atoms with E-state index < -0.39 is 0 Å². The van der Waals surface area contributed by atoms with Crippen LogP contribution in [0.5, 0.6) is 17.2 Å². The number of hydrogen-bond acceptors (Lipinski definition) is 6. The van der Waals surface area contributed by atoms with Gasteiger partial charge in [-0.2, -0.15) is 0 Å². The molecule has 1 amide bonds. The molecule has 0 bridgehead atoms. The largest absolute Gasteiger partial charge is 0.497 e. The Bertz CT molecular complexity index is 1010. The molecule has 0 aliphatic heterocycles. The van der Waals surface area contributed by atoms with Gasteiger partial charge in [0.25, 0.3) is 0 Å². The van der Waals surface area contributed by atoms with Gasteiger partial charge in [-0.15, -0.1) is 11.8 Å². The number of methoxy groups -OCH3 is 3. The Morgan fingerprint density at radius 2 is 1.71 bits per heavy atom. The fourth-order valence-corrected chi connectivity index (χ4v) is 3.71. The van der Waals surface area contributed by atoms with Crippen LogP contribution in [-0.2, 0) is 4.79 Å². The number of anilines is 1. The Hall–Kier alpha value is -2.93. The molecule has 0 saturated heterocycles. The number of ether oxygens (including phenoxy) is 3. The second-order valence-corrected chi connectivity index (χ2v) is 7.07. The van der Waals surface area contributed by atoms with Gasteiger partial charge >= 0.3 is 0 Å². The summed E-state index contributed by atoms with van der Waals surface area (Å²) in [6.07, 6.45) is 0. The normalized spacial score (nSPS) is 10.6. The van der Waals surface area contributed by atoms with Crippen molar-refractivity contribution in [3.8, 4) is 17.2 Å². The summed E-state index contributed by atoms with van der Waals surface area (Å²) in [7, 11) is 4.77. The van der Waals surface area contributed by atoms with Crippen molar-refractivity contribution in [3.05, 3.63) is 48.2 Å². The van der Waals surface area contributed by atoms with Crippen LogP contribution in [0.2, 0.25) is 0 Å². The van der Waals surface area contributed by atoms with Crippen molar-refractivity contribution in [3.63, 3.8) is 0 Å². The van der Waals surface area contributed by atoms with Crippen LogP contribution in [0, 0.1) is 6.92 Å². The summed E-state index contributed by atoms with van der Waals surface area (Å²) >= 11 is 1.46. The van der Waals surface area contributed by atoms with Gasteiger partial charge in [0.15, 0.2) is 0 Å². The first-order valence-corrected chi connectivity index (χ1v) is 9.62. The highest BCUT2D eigenvalue weighted by molar-refractivity contribution is 8.00. The molecule has 0 spiro atoms. The zero-order valence-electron chi connectivity index (χ0n) is 16.2. The summed E-state index contributed by atoms with van der Waals surface area (Å²) in [6, 6.07) is 13.0. The number of nitrogens with one attached hydrogen (secondary N) is 1. The van der Waals surface area contributed by atoms with Gasteiger partial charge in [0.2, 0.25) is 5.91 Å². The van der Waals surface area contributed by atoms with Crippen molar-refractivity contribution in [1.29, 1.82) is 0 Å². The van der Waals surface area contributed by atoms with E-state index in [0.717, 1.165) is 27.2 Å². The molecule has 3 rings (SSSR count). The van der Waals surface area contributed by atoms with Gasteiger partial charge in [0.05, 0.1) is 38.3 Å². The van der Waals surface area contributed by atoms with Crippen LogP contribution in [0.1, 0.15) is 5.69 Å². The third-order valence-corrected chi connectivity index (χ3v) is 5.20. The van der Waals surface area contributed by atoms with E-state index in [1.807, 2.05) is 31.2 Å². The average Bonchev–Trinajstić information content (AvgIpc) is 2.71. The van der Waals surface area contributed by atoms with E-state index >= 15 is 0 Å². The molecule has 146 valence electrons. The molecule has 0 aliphatic carbocycles. The Labute approximate surface area is 168 Å². The summed E-state index contributed by atoms with van der Waals surface area (Å²) in [5.74, 6) is 2.10. The summed E-state index contributed by atoms with van der Waals surface area (Å²) < 4.78 is 15.8. The minimum atomic E-state index is -0.126. The molecular formula is C21H22N2O4S. The molecule has 6 nitrogen and oxygen atoms in total. The van der Waals surface area contributed by atoms with Gasteiger partial charge < -0.3 is 19.5 Å². The number of hydrogen-bond donors (Lipinski definition) is 1. The maximum atomic E-state index is 12.5. The molecule has 0 saturated carbocycles. The molecule has 0 fully saturated rings. The zero-order valence-corrected chi connectivity index (χ0v) is 17.1. The maximum absolute atomic E-state index is 12.5. The van der Waals surface area contributed by atoms with Crippen LogP contribution in [0.25, 0.3) is 10.9 Å². The topological polar surface area (TPSA) is 69.7 Å². The molecule has 0 aliphatic rings. The van der Waals surface area contributed by atoms with Gasteiger partial charge in [0, 0.05) is 22.0 Å². The smallest absolute Gasteiger partial charge is 0.234 e. The molecule has 1 N–H and O–H groups in total. The number of amides is 1. The number of carbonyl (C=O) groups excluding carboxylic acids is 1.